The van der Waals surface area contributed by atoms with Crippen molar-refractivity contribution in [2.75, 3.05) is 5.32 Å². The van der Waals surface area contributed by atoms with Crippen LogP contribution in [0.5, 0.6) is 5.75 Å². The van der Waals surface area contributed by atoms with Crippen LogP contribution in [0, 0.1) is 29.6 Å². The number of rotatable bonds is 4. The van der Waals surface area contributed by atoms with E-state index in [1.807, 2.05) is 11.4 Å². The second-order valence-corrected chi connectivity index (χ2v) is 9.28. The Labute approximate surface area is 162 Å². The van der Waals surface area contributed by atoms with Gasteiger partial charge in [-0.3, -0.25) is 9.59 Å². The summed E-state index contributed by atoms with van der Waals surface area (Å²) in [6, 6.07) is 10.7. The molecule has 1 amide bonds. The average Bonchev–Trinajstić information content (AvgIpc) is 3.17. The Balaban J connectivity index is 1.22. The fourth-order valence-electron chi connectivity index (χ4n) is 5.70. The first-order chi connectivity index (χ1) is 13.2. The molecular weight excluding hydrogens is 358 g/mol. The van der Waals surface area contributed by atoms with Gasteiger partial charge < -0.3 is 10.1 Å². The number of hydrogen-bond acceptors (Lipinski definition) is 4. The number of carbonyl (C=O) groups excluding carboxylic acids is 2. The van der Waals surface area contributed by atoms with Gasteiger partial charge in [0.2, 0.25) is 0 Å². The van der Waals surface area contributed by atoms with Crippen molar-refractivity contribution >= 4 is 28.9 Å². The number of benzene rings is 1. The molecule has 4 aliphatic rings. The summed E-state index contributed by atoms with van der Waals surface area (Å²) in [5, 5.41) is 4.74. The molecule has 1 heterocycles. The van der Waals surface area contributed by atoms with Gasteiger partial charge in [0.15, 0.2) is 0 Å². The Hall–Kier alpha value is -2.14. The predicted octanol–water partition coefficient (Wildman–Crippen LogP) is 4.98. The summed E-state index contributed by atoms with van der Waals surface area (Å²) in [4.78, 5) is 25.6. The molecule has 1 aromatic carbocycles. The summed E-state index contributed by atoms with van der Waals surface area (Å²) >= 11 is 1.41. The Morgan fingerprint density at radius 1 is 0.926 bits per heavy atom. The third-order valence-corrected chi connectivity index (χ3v) is 7.44. The average molecular weight is 381 g/mol. The van der Waals surface area contributed by atoms with E-state index in [-0.39, 0.29) is 17.8 Å². The van der Waals surface area contributed by atoms with Crippen LogP contribution in [-0.2, 0) is 4.79 Å². The molecule has 0 radical (unpaired) electrons. The molecule has 4 aliphatic carbocycles. The lowest BCUT2D eigenvalue weighted by molar-refractivity contribution is -0.152. The number of carbonyl (C=O) groups is 2. The molecule has 0 aliphatic heterocycles. The minimum atomic E-state index is -0.122. The van der Waals surface area contributed by atoms with E-state index in [9.17, 15) is 9.59 Å². The second kappa shape index (κ2) is 6.79. The molecule has 4 fully saturated rings. The summed E-state index contributed by atoms with van der Waals surface area (Å²) < 4.78 is 5.72. The van der Waals surface area contributed by atoms with Gasteiger partial charge in [0.1, 0.15) is 5.75 Å². The highest BCUT2D eigenvalue weighted by Gasteiger charge is 2.51. The van der Waals surface area contributed by atoms with E-state index in [4.69, 9.17) is 4.74 Å². The maximum atomic E-state index is 12.8. The smallest absolute Gasteiger partial charge is 0.314 e. The normalized spacial score (nSPS) is 30.9. The van der Waals surface area contributed by atoms with Crippen molar-refractivity contribution in [1.29, 1.82) is 0 Å². The minimum Gasteiger partial charge on any atom is -0.426 e. The third-order valence-electron chi connectivity index (χ3n) is 6.57. The molecule has 4 saturated carbocycles. The standard InChI is InChI=1S/C22H23NO3S/c24-21(19-2-1-7-27-19)23-17-3-5-18(6-4-17)26-22(25)20-15-9-13-8-14(11-15)12-16(20)10-13/h1-7,13-16,20H,8-12H2,(H,23,24). The van der Waals surface area contributed by atoms with E-state index >= 15 is 0 Å². The highest BCUT2D eigenvalue weighted by Crippen LogP contribution is 2.56. The van der Waals surface area contributed by atoms with Gasteiger partial charge in [-0.25, -0.2) is 0 Å². The van der Waals surface area contributed by atoms with Gasteiger partial charge in [-0.1, -0.05) is 6.07 Å². The van der Waals surface area contributed by atoms with Gasteiger partial charge in [0.25, 0.3) is 5.91 Å². The van der Waals surface area contributed by atoms with Gasteiger partial charge in [-0.05, 0) is 91.5 Å². The van der Waals surface area contributed by atoms with Crippen LogP contribution in [0.4, 0.5) is 5.69 Å². The Bertz CT molecular complexity index is 815. The minimum absolute atomic E-state index is 0.0563. The molecule has 2 aromatic rings. The molecule has 4 bridgehead atoms. The van der Waals surface area contributed by atoms with Gasteiger partial charge in [0.05, 0.1) is 10.8 Å². The van der Waals surface area contributed by atoms with E-state index in [1.165, 1.54) is 43.4 Å². The summed E-state index contributed by atoms with van der Waals surface area (Å²) in [5.74, 6) is 3.21. The van der Waals surface area contributed by atoms with Crippen LogP contribution in [0.2, 0.25) is 0 Å². The van der Waals surface area contributed by atoms with E-state index < -0.39 is 0 Å². The van der Waals surface area contributed by atoms with Crippen LogP contribution < -0.4 is 10.1 Å². The number of anilines is 1. The fraction of sp³-hybridized carbons (Fsp3) is 0.455. The monoisotopic (exact) mass is 381 g/mol. The third kappa shape index (κ3) is 3.29. The zero-order chi connectivity index (χ0) is 18.4. The number of hydrogen-bond donors (Lipinski definition) is 1. The lowest BCUT2D eigenvalue weighted by Gasteiger charge is -2.53. The summed E-state index contributed by atoms with van der Waals surface area (Å²) in [7, 11) is 0. The molecule has 0 atom stereocenters. The Morgan fingerprint density at radius 2 is 1.59 bits per heavy atom. The molecule has 6 rings (SSSR count). The fourth-order valence-corrected chi connectivity index (χ4v) is 6.32. The maximum absolute atomic E-state index is 12.8. The molecule has 1 N–H and O–H groups in total. The first kappa shape index (κ1) is 17.0. The highest BCUT2D eigenvalue weighted by molar-refractivity contribution is 7.12. The van der Waals surface area contributed by atoms with Crippen LogP contribution >= 0.6 is 11.3 Å². The van der Waals surface area contributed by atoms with Crippen LogP contribution in [-0.4, -0.2) is 11.9 Å². The van der Waals surface area contributed by atoms with Crippen LogP contribution in [0.25, 0.3) is 0 Å². The van der Waals surface area contributed by atoms with Crippen molar-refractivity contribution in [2.24, 2.45) is 29.6 Å². The summed E-state index contributed by atoms with van der Waals surface area (Å²) in [6.07, 6.45) is 6.22. The Morgan fingerprint density at radius 3 is 2.19 bits per heavy atom. The molecule has 0 saturated heterocycles. The molecular formula is C22H23NO3S. The first-order valence-electron chi connectivity index (χ1n) is 9.82. The van der Waals surface area contributed by atoms with E-state index in [0.717, 1.165) is 11.8 Å². The highest BCUT2D eigenvalue weighted by atomic mass is 32.1. The second-order valence-electron chi connectivity index (χ2n) is 8.33. The molecule has 5 heteroatoms. The SMILES string of the molecule is O=C(Nc1ccc(OC(=O)C2C3CC4CC(C3)CC2C4)cc1)c1cccs1. The van der Waals surface area contributed by atoms with Crippen LogP contribution in [0.1, 0.15) is 41.8 Å². The maximum Gasteiger partial charge on any atom is 0.314 e. The number of thiophene rings is 1. The quantitative estimate of drug-likeness (QED) is 0.600. The van der Waals surface area contributed by atoms with Gasteiger partial charge in [-0.15, -0.1) is 11.3 Å². The van der Waals surface area contributed by atoms with Crippen LogP contribution in [0.3, 0.4) is 0 Å². The van der Waals surface area contributed by atoms with Gasteiger partial charge in [-0.2, -0.15) is 0 Å². The van der Waals surface area contributed by atoms with Crippen molar-refractivity contribution in [1.82, 2.24) is 0 Å². The summed E-state index contributed by atoms with van der Waals surface area (Å²) in [6.45, 7) is 0. The van der Waals surface area contributed by atoms with Crippen molar-refractivity contribution in [3.63, 3.8) is 0 Å². The molecule has 140 valence electrons. The Kier molecular flexibility index (Phi) is 4.27. The zero-order valence-corrected chi connectivity index (χ0v) is 15.9. The number of nitrogens with one attached hydrogen (secondary N) is 1. The largest absolute Gasteiger partial charge is 0.426 e. The van der Waals surface area contributed by atoms with Crippen molar-refractivity contribution in [3.05, 3.63) is 46.7 Å². The molecule has 27 heavy (non-hydrogen) atoms. The molecule has 1 aromatic heterocycles. The van der Waals surface area contributed by atoms with Crippen molar-refractivity contribution in [3.8, 4) is 5.75 Å². The predicted molar refractivity (Wildman–Crippen MR) is 105 cm³/mol. The van der Waals surface area contributed by atoms with Gasteiger partial charge >= 0.3 is 5.97 Å². The van der Waals surface area contributed by atoms with E-state index in [2.05, 4.69) is 5.32 Å². The van der Waals surface area contributed by atoms with E-state index in [0.29, 0.717) is 28.1 Å². The topological polar surface area (TPSA) is 55.4 Å². The van der Waals surface area contributed by atoms with Crippen molar-refractivity contribution < 1.29 is 14.3 Å². The van der Waals surface area contributed by atoms with Crippen LogP contribution in [0.15, 0.2) is 41.8 Å². The first-order valence-corrected chi connectivity index (χ1v) is 10.7. The lowest BCUT2D eigenvalue weighted by atomic mass is 9.52. The summed E-state index contributed by atoms with van der Waals surface area (Å²) in [5.41, 5.74) is 0.697. The molecule has 0 spiro atoms. The lowest BCUT2D eigenvalue weighted by Crippen LogP contribution is -2.49. The van der Waals surface area contributed by atoms with Gasteiger partial charge in [0, 0.05) is 5.69 Å². The van der Waals surface area contributed by atoms with Crippen molar-refractivity contribution in [2.45, 2.75) is 32.1 Å². The van der Waals surface area contributed by atoms with E-state index in [1.54, 1.807) is 30.3 Å². The zero-order valence-electron chi connectivity index (χ0n) is 15.1. The number of esters is 1. The number of ether oxygens (including phenoxy) is 1. The number of amides is 1. The molecule has 4 nitrogen and oxygen atoms in total. The molecule has 0 unspecified atom stereocenters.